The van der Waals surface area contributed by atoms with Gasteiger partial charge in [0.05, 0.1) is 6.61 Å². The molecule has 1 rings (SSSR count). The lowest BCUT2D eigenvalue weighted by molar-refractivity contribution is -0.220. The molecule has 1 saturated carbocycles. The van der Waals surface area contributed by atoms with Crippen molar-refractivity contribution in [3.05, 3.63) is 24.3 Å². The van der Waals surface area contributed by atoms with Gasteiger partial charge in [-0.25, -0.2) is 4.57 Å². The van der Waals surface area contributed by atoms with Crippen molar-refractivity contribution in [2.75, 3.05) is 13.2 Å². The SMILES string of the molecule is CCCCCCCC/C=C/CCCCCCCCCCCC(=O)O[C@H](COC(=O)CC/C=C/CCCCCCCCCCCCC)COP(=O)(O)OC1C(O)C(O)C(O)[C@@H](O)C1O. The van der Waals surface area contributed by atoms with Crippen LogP contribution in [-0.2, 0) is 32.7 Å². The van der Waals surface area contributed by atoms with Crippen molar-refractivity contribution in [1.82, 2.24) is 0 Å². The minimum absolute atomic E-state index is 0.0859. The number of carbonyl (C=O) groups excluding carboxylic acids is 2. The standard InChI is InChI=1S/C49H91O13P/c1-3-5-7-9-11-13-15-17-19-20-21-22-24-26-28-30-32-34-36-38-43(51)61-41(40-60-63(57,58)62-49-47(55)45(53)44(52)46(54)48(49)56)39-59-42(50)37-35-33-31-29-27-25-23-18-16-14-12-10-8-6-4-2/h17,19,31,33,41,44-49,52-56H,3-16,18,20-30,32,34-40H2,1-2H3,(H,57,58)/b19-17+,33-31+/t41-,44?,45-,46?,47?,48?,49?/m1/s1. The summed E-state index contributed by atoms with van der Waals surface area (Å²) in [7, 11) is -5.12. The van der Waals surface area contributed by atoms with Gasteiger partial charge in [-0.2, -0.15) is 0 Å². The second kappa shape index (κ2) is 39.5. The van der Waals surface area contributed by atoms with Gasteiger partial charge in [0.2, 0.25) is 0 Å². The lowest BCUT2D eigenvalue weighted by atomic mass is 9.85. The molecule has 0 aromatic rings. The summed E-state index contributed by atoms with van der Waals surface area (Å²) in [5.41, 5.74) is 0. The van der Waals surface area contributed by atoms with Gasteiger partial charge in [-0.05, 0) is 51.4 Å². The topological polar surface area (TPSA) is 210 Å². The number of aliphatic hydroxyl groups is 5. The molecule has 8 atom stereocenters. The molecule has 0 bridgehead atoms. The third-order valence-corrected chi connectivity index (χ3v) is 12.8. The first-order chi connectivity index (χ1) is 30.4. The number of hydrogen-bond donors (Lipinski definition) is 6. The van der Waals surface area contributed by atoms with Crippen molar-refractivity contribution in [1.29, 1.82) is 0 Å². The Morgan fingerprint density at radius 1 is 0.476 bits per heavy atom. The molecular formula is C49H91O13P. The minimum atomic E-state index is -5.12. The molecule has 6 N–H and O–H groups in total. The molecule has 14 heteroatoms. The van der Waals surface area contributed by atoms with Crippen LogP contribution in [0.3, 0.4) is 0 Å². The fourth-order valence-corrected chi connectivity index (χ4v) is 8.69. The molecule has 6 unspecified atom stereocenters. The maximum absolute atomic E-state index is 12.8. The molecular weight excluding hydrogens is 828 g/mol. The monoisotopic (exact) mass is 919 g/mol. The number of unbranched alkanes of at least 4 members (excludes halogenated alkanes) is 26. The van der Waals surface area contributed by atoms with E-state index in [0.717, 1.165) is 44.9 Å². The van der Waals surface area contributed by atoms with E-state index in [1.807, 2.05) is 6.08 Å². The van der Waals surface area contributed by atoms with Crippen LogP contribution in [0, 0.1) is 0 Å². The second-order valence-electron chi connectivity index (χ2n) is 17.7. The maximum Gasteiger partial charge on any atom is 0.472 e. The molecule has 0 aromatic heterocycles. The van der Waals surface area contributed by atoms with E-state index in [0.29, 0.717) is 12.8 Å². The Labute approximate surface area is 381 Å². The Morgan fingerprint density at radius 2 is 0.841 bits per heavy atom. The molecule has 0 aromatic carbocycles. The zero-order valence-corrected chi connectivity index (χ0v) is 40.3. The molecule has 13 nitrogen and oxygen atoms in total. The largest absolute Gasteiger partial charge is 0.472 e. The van der Waals surface area contributed by atoms with Crippen LogP contribution in [0.4, 0.5) is 0 Å². The fraction of sp³-hybridized carbons (Fsp3) is 0.878. The van der Waals surface area contributed by atoms with Gasteiger partial charge in [-0.3, -0.25) is 18.6 Å². The summed E-state index contributed by atoms with van der Waals surface area (Å²) in [5.74, 6) is -1.15. The Morgan fingerprint density at radius 3 is 1.27 bits per heavy atom. The van der Waals surface area contributed by atoms with Gasteiger partial charge in [0.1, 0.15) is 43.2 Å². The number of carbonyl (C=O) groups is 2. The molecule has 0 spiro atoms. The molecule has 0 heterocycles. The second-order valence-corrected chi connectivity index (χ2v) is 19.1. The fourth-order valence-electron chi connectivity index (χ4n) is 7.71. The van der Waals surface area contributed by atoms with Crippen molar-refractivity contribution in [3.8, 4) is 0 Å². The summed E-state index contributed by atoms with van der Waals surface area (Å²) < 4.78 is 33.6. The number of phosphoric ester groups is 1. The summed E-state index contributed by atoms with van der Waals surface area (Å²) in [6.07, 6.45) is 31.0. The zero-order chi connectivity index (χ0) is 46.4. The summed E-state index contributed by atoms with van der Waals surface area (Å²) in [5, 5.41) is 50.2. The summed E-state index contributed by atoms with van der Waals surface area (Å²) in [4.78, 5) is 35.7. The Bertz CT molecular complexity index is 1200. The highest BCUT2D eigenvalue weighted by molar-refractivity contribution is 7.47. The number of rotatable bonds is 42. The molecule has 0 amide bonds. The van der Waals surface area contributed by atoms with Gasteiger partial charge < -0.3 is 39.9 Å². The quantitative estimate of drug-likeness (QED) is 0.0146. The Hall–Kier alpha value is -1.67. The smallest absolute Gasteiger partial charge is 0.462 e. The third kappa shape index (κ3) is 31.8. The number of allylic oxidation sites excluding steroid dienone is 4. The normalized spacial score (nSPS) is 21.8. The van der Waals surface area contributed by atoms with E-state index in [-0.39, 0.29) is 12.8 Å². The van der Waals surface area contributed by atoms with E-state index in [1.54, 1.807) is 0 Å². The molecule has 63 heavy (non-hydrogen) atoms. The molecule has 0 saturated heterocycles. The van der Waals surface area contributed by atoms with Crippen LogP contribution in [0.5, 0.6) is 0 Å². The van der Waals surface area contributed by atoms with E-state index >= 15 is 0 Å². The zero-order valence-electron chi connectivity index (χ0n) is 39.4. The third-order valence-electron chi connectivity index (χ3n) is 11.8. The highest BCUT2D eigenvalue weighted by Gasteiger charge is 2.51. The number of ether oxygens (including phenoxy) is 2. The first kappa shape index (κ1) is 59.3. The van der Waals surface area contributed by atoms with Crippen molar-refractivity contribution in [3.63, 3.8) is 0 Å². The number of hydrogen-bond acceptors (Lipinski definition) is 12. The number of phosphoric acid groups is 1. The molecule has 1 aliphatic rings. The van der Waals surface area contributed by atoms with Crippen molar-refractivity contribution in [2.45, 2.75) is 262 Å². The predicted molar refractivity (Wildman–Crippen MR) is 249 cm³/mol. The molecule has 0 radical (unpaired) electrons. The number of aliphatic hydroxyl groups excluding tert-OH is 5. The van der Waals surface area contributed by atoms with E-state index in [2.05, 4.69) is 32.1 Å². The van der Waals surface area contributed by atoms with E-state index in [9.17, 15) is 44.6 Å². The van der Waals surface area contributed by atoms with Crippen molar-refractivity contribution in [2.24, 2.45) is 0 Å². The van der Waals surface area contributed by atoms with Crippen LogP contribution < -0.4 is 0 Å². The first-order valence-corrected chi connectivity index (χ1v) is 26.6. The van der Waals surface area contributed by atoms with E-state index < -0.39 is 75.7 Å². The van der Waals surface area contributed by atoms with Crippen LogP contribution in [0.1, 0.15) is 219 Å². The van der Waals surface area contributed by atoms with Crippen LogP contribution in [0.25, 0.3) is 0 Å². The first-order valence-electron chi connectivity index (χ1n) is 25.1. The molecule has 1 fully saturated rings. The highest BCUT2D eigenvalue weighted by atomic mass is 31.2. The van der Waals surface area contributed by atoms with Crippen LogP contribution >= 0.6 is 7.82 Å². The average molecular weight is 919 g/mol. The van der Waals surface area contributed by atoms with Gasteiger partial charge in [0.25, 0.3) is 0 Å². The average Bonchev–Trinajstić information content (AvgIpc) is 3.26. The van der Waals surface area contributed by atoms with Crippen LogP contribution in [-0.4, -0.2) is 98.3 Å². The van der Waals surface area contributed by atoms with E-state index in [1.165, 1.54) is 135 Å². The summed E-state index contributed by atoms with van der Waals surface area (Å²) >= 11 is 0. The minimum Gasteiger partial charge on any atom is -0.462 e. The Balaban J connectivity index is 2.42. The lowest BCUT2D eigenvalue weighted by Crippen LogP contribution is -2.64. The van der Waals surface area contributed by atoms with Gasteiger partial charge >= 0.3 is 19.8 Å². The highest BCUT2D eigenvalue weighted by Crippen LogP contribution is 2.47. The molecule has 1 aliphatic carbocycles. The van der Waals surface area contributed by atoms with Gasteiger partial charge in [0, 0.05) is 12.8 Å². The molecule has 370 valence electrons. The van der Waals surface area contributed by atoms with Gasteiger partial charge in [-0.15, -0.1) is 0 Å². The maximum atomic E-state index is 12.8. The summed E-state index contributed by atoms with van der Waals surface area (Å²) in [6, 6.07) is 0. The van der Waals surface area contributed by atoms with Crippen LogP contribution in [0.15, 0.2) is 24.3 Å². The van der Waals surface area contributed by atoms with Crippen LogP contribution in [0.2, 0.25) is 0 Å². The predicted octanol–water partition coefficient (Wildman–Crippen LogP) is 10.4. The molecule has 0 aliphatic heterocycles. The van der Waals surface area contributed by atoms with Gasteiger partial charge in [-0.1, -0.05) is 179 Å². The van der Waals surface area contributed by atoms with Gasteiger partial charge in [0.15, 0.2) is 6.10 Å². The number of esters is 2. The van der Waals surface area contributed by atoms with Crippen molar-refractivity contribution >= 4 is 19.8 Å². The Kier molecular flexibility index (Phi) is 37.2. The summed E-state index contributed by atoms with van der Waals surface area (Å²) in [6.45, 7) is 3.28. The lowest BCUT2D eigenvalue weighted by Gasteiger charge is -2.41. The van der Waals surface area contributed by atoms with Crippen molar-refractivity contribution < 1.29 is 63.1 Å². The van der Waals surface area contributed by atoms with E-state index in [4.69, 9.17) is 18.5 Å².